The van der Waals surface area contributed by atoms with Crippen molar-refractivity contribution in [2.45, 2.75) is 50.2 Å². The minimum absolute atomic E-state index is 0.0494. The first-order valence-corrected chi connectivity index (χ1v) is 13.0. The Hall–Kier alpha value is -3.21. The number of amides is 1. The molecular weight excluding hydrogens is 490 g/mol. The van der Waals surface area contributed by atoms with Gasteiger partial charge < -0.3 is 31.1 Å². The number of phenolic OH excluding ortho intramolecular Hbond substituents is 1. The molecule has 0 aromatic heterocycles. The van der Waals surface area contributed by atoms with Crippen LogP contribution in [0.4, 0.5) is 0 Å². The Kier molecular flexibility index (Phi) is 6.20. The molecule has 10 heteroatoms. The maximum absolute atomic E-state index is 13.8. The number of carbonyl (C=O) groups excluding carboxylic acids is 3. The van der Waals surface area contributed by atoms with E-state index in [1.807, 2.05) is 32.1 Å². The number of carbonyl (C=O) groups is 3. The molecule has 4 aliphatic rings. The van der Waals surface area contributed by atoms with E-state index in [1.165, 1.54) is 0 Å². The summed E-state index contributed by atoms with van der Waals surface area (Å²) in [4.78, 5) is 43.5. The van der Waals surface area contributed by atoms with Gasteiger partial charge in [-0.1, -0.05) is 6.07 Å². The standard InChI is InChI=1S/C28H35N3O7/c1-30(2)8-6-27-12-16-10-15-9-14(17-5-4-7-31(17)3)11-18(32)20(15)23(34)21(16)24(35)28(27,38)25(36)22(26(29)37)19(33)13-27/h9,11,16-17,32-33,35,38H,4-8,10,12-13H2,1-3H3,(H2,29,37)/t16?,17?,27-,28-/m0/s1. The third kappa shape index (κ3) is 3.61. The maximum Gasteiger partial charge on any atom is 0.255 e. The number of aliphatic hydroxyl groups excluding tert-OH is 2. The molecule has 3 aliphatic carbocycles. The van der Waals surface area contributed by atoms with Crippen LogP contribution in [-0.4, -0.2) is 87.5 Å². The molecule has 1 aliphatic heterocycles. The number of likely N-dealkylation sites (tertiary alicyclic amines) is 1. The van der Waals surface area contributed by atoms with Crippen LogP contribution in [0.25, 0.3) is 0 Å². The van der Waals surface area contributed by atoms with Gasteiger partial charge in [-0.2, -0.15) is 0 Å². The van der Waals surface area contributed by atoms with Crippen LogP contribution in [0.5, 0.6) is 5.75 Å². The number of allylic oxidation sites excluding steroid dienone is 2. The van der Waals surface area contributed by atoms with Crippen molar-refractivity contribution in [2.75, 3.05) is 34.2 Å². The molecule has 0 radical (unpaired) electrons. The van der Waals surface area contributed by atoms with Crippen LogP contribution in [0.1, 0.15) is 59.6 Å². The number of aromatic hydroxyl groups is 1. The van der Waals surface area contributed by atoms with Crippen molar-refractivity contribution in [1.82, 2.24) is 9.80 Å². The third-order valence-corrected chi connectivity index (χ3v) is 9.11. The molecule has 0 spiro atoms. The fraction of sp³-hybridized carbons (Fsp3) is 0.536. The molecule has 1 saturated heterocycles. The summed E-state index contributed by atoms with van der Waals surface area (Å²) in [6.45, 7) is 1.35. The van der Waals surface area contributed by atoms with Crippen molar-refractivity contribution in [1.29, 1.82) is 0 Å². The SMILES string of the molecule is CN(C)CC[C@]12CC(O)=C(C(N)=O)C(=O)[C@@]1(O)C(O)=C1C(=O)c3c(O)cc(C4CCCN4C)cc3CC1C2. The van der Waals surface area contributed by atoms with Crippen LogP contribution in [0, 0.1) is 11.3 Å². The molecule has 1 heterocycles. The zero-order valence-electron chi connectivity index (χ0n) is 22.0. The molecule has 1 aromatic rings. The van der Waals surface area contributed by atoms with E-state index in [-0.39, 0.29) is 42.2 Å². The highest BCUT2D eigenvalue weighted by molar-refractivity contribution is 6.24. The number of benzene rings is 1. The molecule has 1 fully saturated rings. The molecule has 6 N–H and O–H groups in total. The Morgan fingerprint density at radius 1 is 1.21 bits per heavy atom. The van der Waals surface area contributed by atoms with E-state index in [9.17, 15) is 34.8 Å². The molecular formula is C28H35N3O7. The minimum atomic E-state index is -2.62. The van der Waals surface area contributed by atoms with E-state index in [4.69, 9.17) is 5.73 Å². The quantitative estimate of drug-likeness (QED) is 0.360. The van der Waals surface area contributed by atoms with Gasteiger partial charge in [-0.3, -0.25) is 19.3 Å². The second-order valence-corrected chi connectivity index (χ2v) is 11.6. The monoisotopic (exact) mass is 525 g/mol. The van der Waals surface area contributed by atoms with Crippen molar-refractivity contribution in [2.24, 2.45) is 17.1 Å². The van der Waals surface area contributed by atoms with E-state index in [0.29, 0.717) is 18.5 Å². The highest BCUT2D eigenvalue weighted by Gasteiger charge is 2.67. The van der Waals surface area contributed by atoms with Gasteiger partial charge in [0, 0.05) is 23.5 Å². The summed E-state index contributed by atoms with van der Waals surface area (Å²) in [5.41, 5.74) is 2.07. The highest BCUT2D eigenvalue weighted by atomic mass is 16.3. The molecule has 204 valence electrons. The van der Waals surface area contributed by atoms with Gasteiger partial charge in [-0.05, 0) is 89.4 Å². The molecule has 38 heavy (non-hydrogen) atoms. The van der Waals surface area contributed by atoms with Crippen LogP contribution in [-0.2, 0) is 16.0 Å². The van der Waals surface area contributed by atoms with Crippen molar-refractivity contribution in [3.63, 3.8) is 0 Å². The van der Waals surface area contributed by atoms with Gasteiger partial charge >= 0.3 is 0 Å². The molecule has 10 nitrogen and oxygen atoms in total. The zero-order chi connectivity index (χ0) is 27.7. The first-order chi connectivity index (χ1) is 17.8. The lowest BCUT2D eigenvalue weighted by molar-refractivity contribution is -0.160. The topological polar surface area (TPSA) is 165 Å². The smallest absolute Gasteiger partial charge is 0.255 e. The van der Waals surface area contributed by atoms with E-state index >= 15 is 0 Å². The maximum atomic E-state index is 13.8. The summed E-state index contributed by atoms with van der Waals surface area (Å²) in [6.07, 6.45) is 2.33. The molecule has 1 amide bonds. The summed E-state index contributed by atoms with van der Waals surface area (Å²) >= 11 is 0. The Balaban J connectivity index is 1.67. The number of hydrogen-bond acceptors (Lipinski definition) is 9. The molecule has 0 bridgehead atoms. The highest BCUT2D eigenvalue weighted by Crippen LogP contribution is 2.59. The minimum Gasteiger partial charge on any atom is -0.511 e. The predicted octanol–water partition coefficient (Wildman–Crippen LogP) is 1.67. The summed E-state index contributed by atoms with van der Waals surface area (Å²) in [5.74, 6) is -5.19. The molecule has 1 aromatic carbocycles. The molecule has 2 unspecified atom stereocenters. The van der Waals surface area contributed by atoms with Gasteiger partial charge in [-0.15, -0.1) is 0 Å². The predicted molar refractivity (Wildman–Crippen MR) is 138 cm³/mol. The summed E-state index contributed by atoms with van der Waals surface area (Å²) < 4.78 is 0. The number of ketones is 2. The number of nitrogens with two attached hydrogens (primary N) is 1. The van der Waals surface area contributed by atoms with Gasteiger partial charge in [0.05, 0.1) is 5.56 Å². The van der Waals surface area contributed by atoms with Crippen molar-refractivity contribution in [3.05, 3.63) is 51.5 Å². The summed E-state index contributed by atoms with van der Waals surface area (Å²) in [6, 6.07) is 3.65. The van der Waals surface area contributed by atoms with Crippen LogP contribution in [0.15, 0.2) is 34.8 Å². The van der Waals surface area contributed by atoms with Gasteiger partial charge in [0.25, 0.3) is 5.91 Å². The molecule has 5 rings (SSSR count). The lowest BCUT2D eigenvalue weighted by atomic mass is 9.51. The fourth-order valence-corrected chi connectivity index (χ4v) is 7.22. The second-order valence-electron chi connectivity index (χ2n) is 11.6. The Morgan fingerprint density at radius 2 is 1.92 bits per heavy atom. The van der Waals surface area contributed by atoms with Crippen LogP contribution < -0.4 is 5.73 Å². The lowest BCUT2D eigenvalue weighted by Gasteiger charge is -2.54. The van der Waals surface area contributed by atoms with Crippen molar-refractivity contribution in [3.8, 4) is 5.75 Å². The van der Waals surface area contributed by atoms with Crippen LogP contribution in [0.2, 0.25) is 0 Å². The summed E-state index contributed by atoms with van der Waals surface area (Å²) in [7, 11) is 5.66. The number of aliphatic hydroxyl groups is 3. The van der Waals surface area contributed by atoms with Crippen molar-refractivity contribution < 1.29 is 34.8 Å². The van der Waals surface area contributed by atoms with Gasteiger partial charge in [0.1, 0.15) is 22.8 Å². The Labute approximate surface area is 221 Å². The number of primary amides is 1. The normalized spacial score (nSPS) is 31.5. The second kappa shape index (κ2) is 8.93. The molecule has 0 saturated carbocycles. The number of hydrogen-bond donors (Lipinski definition) is 5. The van der Waals surface area contributed by atoms with E-state index < -0.39 is 51.5 Å². The first kappa shape index (κ1) is 26.4. The van der Waals surface area contributed by atoms with Gasteiger partial charge in [0.2, 0.25) is 5.78 Å². The lowest BCUT2D eigenvalue weighted by Crippen LogP contribution is -2.64. The van der Waals surface area contributed by atoms with Crippen LogP contribution >= 0.6 is 0 Å². The van der Waals surface area contributed by atoms with E-state index in [0.717, 1.165) is 24.9 Å². The van der Waals surface area contributed by atoms with Gasteiger partial charge in [0.15, 0.2) is 11.4 Å². The number of Topliss-reactive ketones (excluding diaryl/α,β-unsaturated/α-hetero) is 2. The average molecular weight is 526 g/mol. The molecule has 4 atom stereocenters. The number of nitrogens with zero attached hydrogens (tertiary/aromatic N) is 2. The van der Waals surface area contributed by atoms with Crippen molar-refractivity contribution >= 4 is 17.5 Å². The summed E-state index contributed by atoms with van der Waals surface area (Å²) in [5, 5.41) is 45.2. The van der Waals surface area contributed by atoms with Crippen LogP contribution in [0.3, 0.4) is 0 Å². The number of rotatable bonds is 5. The number of phenols is 1. The average Bonchev–Trinajstić information content (AvgIpc) is 3.25. The van der Waals surface area contributed by atoms with E-state index in [2.05, 4.69) is 4.90 Å². The number of fused-ring (bicyclic) bond motifs is 3. The first-order valence-electron chi connectivity index (χ1n) is 13.0. The Morgan fingerprint density at radius 3 is 2.53 bits per heavy atom. The fourth-order valence-electron chi connectivity index (χ4n) is 7.22. The third-order valence-electron chi connectivity index (χ3n) is 9.11. The van der Waals surface area contributed by atoms with E-state index in [1.54, 1.807) is 6.07 Å². The van der Waals surface area contributed by atoms with Gasteiger partial charge in [-0.25, -0.2) is 0 Å². The zero-order valence-corrected chi connectivity index (χ0v) is 22.0. The largest absolute Gasteiger partial charge is 0.511 e. The Bertz CT molecular complexity index is 1320.